The Kier molecular flexibility index (Phi) is 8.38. The molecule has 9 nitrogen and oxygen atoms in total. The van der Waals surface area contributed by atoms with Crippen LogP contribution in [0.4, 0.5) is 21.2 Å². The van der Waals surface area contributed by atoms with E-state index < -0.39 is 31.6 Å². The molecule has 3 amide bonds. The molecule has 4 heterocycles. The van der Waals surface area contributed by atoms with Crippen molar-refractivity contribution < 1.29 is 33.1 Å². The van der Waals surface area contributed by atoms with E-state index in [0.717, 1.165) is 12.0 Å². The minimum absolute atomic E-state index is 0.0755. The van der Waals surface area contributed by atoms with Crippen molar-refractivity contribution in [2.45, 2.75) is 69.1 Å². The zero-order chi connectivity index (χ0) is 34.0. The smallest absolute Gasteiger partial charge is 0.269 e. The second-order valence-electron chi connectivity index (χ2n) is 13.7. The van der Waals surface area contributed by atoms with Crippen molar-refractivity contribution in [2.75, 3.05) is 29.6 Å². The van der Waals surface area contributed by atoms with Crippen LogP contribution in [-0.4, -0.2) is 68.0 Å². The molecule has 252 valence electrons. The maximum atomic E-state index is 16.3. The van der Waals surface area contributed by atoms with Crippen LogP contribution in [0.5, 0.6) is 5.75 Å². The Labute approximate surface area is 285 Å². The van der Waals surface area contributed by atoms with E-state index in [-0.39, 0.29) is 49.9 Å². The summed E-state index contributed by atoms with van der Waals surface area (Å²) in [4.78, 5) is 46.4. The second-order valence-corrected chi connectivity index (χ2v) is 18.0. The van der Waals surface area contributed by atoms with Gasteiger partial charge in [-0.05, 0) is 74.0 Å². The highest BCUT2D eigenvalue weighted by atomic mass is 35.5. The van der Waals surface area contributed by atoms with E-state index in [1.807, 2.05) is 55.5 Å². The Morgan fingerprint density at radius 3 is 2.65 bits per heavy atom. The van der Waals surface area contributed by atoms with E-state index in [9.17, 15) is 19.5 Å². The molecule has 12 heteroatoms. The maximum Gasteiger partial charge on any atom is 0.269 e. The SMILES string of the molecule is C[C@H]1[C@H]([Si](C)(C)F)[C@@H](CC(=O)N2CCC[C@H]2CO)O[C@]12C(=O)N(Cc1cccc(N3C(=O)COc4ccccc43)c1)c1ccc(Cl)cc12. The van der Waals surface area contributed by atoms with E-state index in [0.29, 0.717) is 46.4 Å². The van der Waals surface area contributed by atoms with Gasteiger partial charge in [0.2, 0.25) is 14.3 Å². The molecule has 4 aliphatic rings. The quantitative estimate of drug-likeness (QED) is 0.238. The predicted octanol–water partition coefficient (Wildman–Crippen LogP) is 6.09. The van der Waals surface area contributed by atoms with Gasteiger partial charge in [-0.15, -0.1) is 0 Å². The number of likely N-dealkylation sites (tertiary alicyclic amines) is 1. The summed E-state index contributed by atoms with van der Waals surface area (Å²) >= 11 is 6.53. The van der Waals surface area contributed by atoms with Gasteiger partial charge in [0.25, 0.3) is 11.8 Å². The highest BCUT2D eigenvalue weighted by Gasteiger charge is 2.67. The molecule has 4 aliphatic heterocycles. The number of para-hydroxylation sites is 2. The van der Waals surface area contributed by atoms with Crippen LogP contribution in [0.3, 0.4) is 0 Å². The fraction of sp³-hybridized carbons (Fsp3) is 0.417. The number of carbonyl (C=O) groups excluding carboxylic acids is 3. The number of anilines is 3. The summed E-state index contributed by atoms with van der Waals surface area (Å²) < 4.78 is 28.7. The fourth-order valence-electron chi connectivity index (χ4n) is 8.38. The number of aliphatic hydroxyl groups is 1. The van der Waals surface area contributed by atoms with Crippen LogP contribution in [0.15, 0.2) is 66.7 Å². The number of nitrogens with zero attached hydrogens (tertiary/aromatic N) is 3. The molecule has 48 heavy (non-hydrogen) atoms. The summed E-state index contributed by atoms with van der Waals surface area (Å²) in [6, 6.07) is 19.8. The molecule has 0 aromatic heterocycles. The Morgan fingerprint density at radius 1 is 1.08 bits per heavy atom. The third-order valence-corrected chi connectivity index (χ3v) is 13.1. The number of aliphatic hydroxyl groups excluding tert-OH is 1. The average Bonchev–Trinajstić information content (AvgIpc) is 3.71. The summed E-state index contributed by atoms with van der Waals surface area (Å²) in [7, 11) is -3.49. The van der Waals surface area contributed by atoms with Gasteiger partial charge in [0.15, 0.2) is 12.2 Å². The van der Waals surface area contributed by atoms with Gasteiger partial charge >= 0.3 is 0 Å². The lowest BCUT2D eigenvalue weighted by molar-refractivity contribution is -0.150. The van der Waals surface area contributed by atoms with Crippen molar-refractivity contribution in [1.29, 1.82) is 0 Å². The predicted molar refractivity (Wildman–Crippen MR) is 183 cm³/mol. The van der Waals surface area contributed by atoms with Crippen LogP contribution >= 0.6 is 11.6 Å². The molecule has 0 bridgehead atoms. The summed E-state index contributed by atoms with van der Waals surface area (Å²) in [6.07, 6.45) is 0.606. The third-order valence-electron chi connectivity index (χ3n) is 10.4. The van der Waals surface area contributed by atoms with E-state index >= 15 is 4.11 Å². The molecule has 7 rings (SSSR count). The lowest BCUT2D eigenvalue weighted by Crippen LogP contribution is -2.45. The summed E-state index contributed by atoms with van der Waals surface area (Å²) in [5.41, 5.74) is 1.04. The normalized spacial score (nSPS) is 26.7. The van der Waals surface area contributed by atoms with Gasteiger partial charge in [0, 0.05) is 34.3 Å². The number of halogens is 2. The van der Waals surface area contributed by atoms with Crippen LogP contribution in [0, 0.1) is 5.92 Å². The molecule has 1 N–H and O–H groups in total. The highest BCUT2D eigenvalue weighted by Crippen LogP contribution is 2.60. The molecular formula is C36H39ClFN3O6Si. The minimum Gasteiger partial charge on any atom is -0.482 e. The Balaban J connectivity index is 1.23. The van der Waals surface area contributed by atoms with Gasteiger partial charge in [-0.2, -0.15) is 0 Å². The Morgan fingerprint density at radius 2 is 1.88 bits per heavy atom. The summed E-state index contributed by atoms with van der Waals surface area (Å²) in [5, 5.41) is 10.3. The van der Waals surface area contributed by atoms with E-state index in [1.54, 1.807) is 46.0 Å². The fourth-order valence-corrected chi connectivity index (χ4v) is 11.0. The van der Waals surface area contributed by atoms with Crippen molar-refractivity contribution in [1.82, 2.24) is 4.90 Å². The van der Waals surface area contributed by atoms with Crippen LogP contribution in [0.2, 0.25) is 23.7 Å². The molecule has 5 atom stereocenters. The number of ether oxygens (including phenoxy) is 2. The van der Waals surface area contributed by atoms with Crippen molar-refractivity contribution in [3.63, 3.8) is 0 Å². The van der Waals surface area contributed by atoms with Crippen LogP contribution in [0.25, 0.3) is 0 Å². The molecular weight excluding hydrogens is 653 g/mol. The highest BCUT2D eigenvalue weighted by molar-refractivity contribution is 6.72. The first-order chi connectivity index (χ1) is 22.9. The number of benzene rings is 3. The lowest BCUT2D eigenvalue weighted by atomic mass is 9.82. The first-order valence-electron chi connectivity index (χ1n) is 16.5. The molecule has 1 spiro atoms. The topological polar surface area (TPSA) is 99.6 Å². The largest absolute Gasteiger partial charge is 0.482 e. The molecule has 2 saturated heterocycles. The van der Waals surface area contributed by atoms with E-state index in [4.69, 9.17) is 21.1 Å². The Bertz CT molecular complexity index is 1790. The third kappa shape index (κ3) is 5.31. The van der Waals surface area contributed by atoms with Gasteiger partial charge < -0.3 is 28.5 Å². The van der Waals surface area contributed by atoms with Crippen molar-refractivity contribution in [3.8, 4) is 5.75 Å². The molecule has 0 unspecified atom stereocenters. The van der Waals surface area contributed by atoms with Crippen molar-refractivity contribution >= 4 is 54.8 Å². The van der Waals surface area contributed by atoms with E-state index in [2.05, 4.69) is 0 Å². The molecule has 3 aromatic carbocycles. The van der Waals surface area contributed by atoms with Crippen molar-refractivity contribution in [3.05, 3.63) is 82.9 Å². The van der Waals surface area contributed by atoms with E-state index in [1.165, 1.54) is 0 Å². The second kappa shape index (κ2) is 12.3. The summed E-state index contributed by atoms with van der Waals surface area (Å²) in [6.45, 7) is 5.54. The van der Waals surface area contributed by atoms with Gasteiger partial charge in [-0.3, -0.25) is 19.3 Å². The molecule has 0 aliphatic carbocycles. The zero-order valence-corrected chi connectivity index (χ0v) is 29.0. The number of fused-ring (bicyclic) bond motifs is 3. The number of hydrogen-bond donors (Lipinski definition) is 1. The van der Waals surface area contributed by atoms with Gasteiger partial charge in [-0.25, -0.2) is 0 Å². The first kappa shape index (κ1) is 32.8. The zero-order valence-electron chi connectivity index (χ0n) is 27.2. The Hall–Kier alpha value is -3.77. The monoisotopic (exact) mass is 691 g/mol. The molecule has 0 saturated carbocycles. The maximum absolute atomic E-state index is 16.3. The number of hydrogen-bond acceptors (Lipinski definition) is 6. The number of amides is 3. The van der Waals surface area contributed by atoms with Crippen LogP contribution in [-0.2, 0) is 31.3 Å². The number of rotatable bonds is 7. The van der Waals surface area contributed by atoms with Gasteiger partial charge in [0.1, 0.15) is 5.75 Å². The first-order valence-corrected chi connectivity index (χ1v) is 19.8. The van der Waals surface area contributed by atoms with Gasteiger partial charge in [-0.1, -0.05) is 42.8 Å². The van der Waals surface area contributed by atoms with Crippen molar-refractivity contribution in [2.24, 2.45) is 5.92 Å². The van der Waals surface area contributed by atoms with Gasteiger partial charge in [0.05, 0.1) is 43.1 Å². The van der Waals surface area contributed by atoms with Crippen LogP contribution in [0.1, 0.15) is 37.3 Å². The molecule has 3 aromatic rings. The summed E-state index contributed by atoms with van der Waals surface area (Å²) in [5.74, 6) is -0.723. The number of carbonyl (C=O) groups is 3. The minimum atomic E-state index is -3.49. The standard InChI is InChI=1S/C36H39ClFN3O6Si/c1-22-34(48(2,3)38)31(18-32(43)39-15-7-10-26(39)20-42)47-36(22)27-17-24(37)13-14-28(27)40(35(36)45)19-23-8-6-9-25(16-23)41-29-11-4-5-12-30(29)46-21-33(41)44/h4-6,8-9,11-14,16-17,22,26,31,34,42H,7,10,15,18-21H2,1-3H3/t22-,26-,31+,34-,36+/m0/s1. The molecule has 0 radical (unpaired) electrons. The lowest BCUT2D eigenvalue weighted by Gasteiger charge is -2.31. The molecule has 2 fully saturated rings. The van der Waals surface area contributed by atoms with Crippen LogP contribution < -0.4 is 14.5 Å². The average molecular weight is 692 g/mol.